The molecule has 0 aliphatic rings. The molecular weight excluding hydrogens is 228 g/mol. The van der Waals surface area contributed by atoms with Crippen molar-refractivity contribution in [3.8, 4) is 5.88 Å². The van der Waals surface area contributed by atoms with Crippen LogP contribution in [0, 0.1) is 0 Å². The fourth-order valence-electron chi connectivity index (χ4n) is 1.44. The maximum Gasteiger partial charge on any atom is 0.218 e. The van der Waals surface area contributed by atoms with Crippen molar-refractivity contribution in [2.45, 2.75) is 26.5 Å². The van der Waals surface area contributed by atoms with Crippen molar-refractivity contribution in [1.82, 2.24) is 15.0 Å². The summed E-state index contributed by atoms with van der Waals surface area (Å²) < 4.78 is 5.50. The zero-order valence-corrected chi connectivity index (χ0v) is 10.5. The maximum absolute atomic E-state index is 5.50. The molecule has 0 unspecified atom stereocenters. The average molecular weight is 244 g/mol. The molecular formula is C13H16N4O. The molecule has 2 heterocycles. The van der Waals surface area contributed by atoms with Gasteiger partial charge in [0.05, 0.1) is 6.10 Å². The lowest BCUT2D eigenvalue weighted by Gasteiger charge is -2.10. The Kier molecular flexibility index (Phi) is 4.06. The van der Waals surface area contributed by atoms with Crippen LogP contribution in [0.1, 0.15) is 19.4 Å². The van der Waals surface area contributed by atoms with Crippen LogP contribution in [0.5, 0.6) is 5.88 Å². The first-order valence-electron chi connectivity index (χ1n) is 5.85. The number of rotatable bonds is 5. The summed E-state index contributed by atoms with van der Waals surface area (Å²) in [6, 6.07) is 5.70. The highest BCUT2D eigenvalue weighted by atomic mass is 16.5. The van der Waals surface area contributed by atoms with Gasteiger partial charge in [0.1, 0.15) is 12.1 Å². The molecule has 0 aliphatic heterocycles. The largest absolute Gasteiger partial charge is 0.475 e. The number of aromatic nitrogens is 3. The van der Waals surface area contributed by atoms with Crippen LogP contribution in [-0.4, -0.2) is 21.1 Å². The molecule has 0 aliphatic carbocycles. The lowest BCUT2D eigenvalue weighted by Crippen LogP contribution is -2.08. The van der Waals surface area contributed by atoms with E-state index in [0.717, 1.165) is 11.4 Å². The van der Waals surface area contributed by atoms with Gasteiger partial charge in [-0.2, -0.15) is 0 Å². The highest BCUT2D eigenvalue weighted by molar-refractivity contribution is 5.37. The summed E-state index contributed by atoms with van der Waals surface area (Å²) in [5, 5.41) is 3.20. The molecule has 0 radical (unpaired) electrons. The summed E-state index contributed by atoms with van der Waals surface area (Å²) in [6.45, 7) is 4.60. The van der Waals surface area contributed by atoms with Crippen molar-refractivity contribution in [2.24, 2.45) is 0 Å². The molecule has 0 spiro atoms. The summed E-state index contributed by atoms with van der Waals surface area (Å²) >= 11 is 0. The van der Waals surface area contributed by atoms with Crippen LogP contribution in [0.3, 0.4) is 0 Å². The number of nitrogens with one attached hydrogen (secondary N) is 1. The number of hydrogen-bond donors (Lipinski definition) is 1. The van der Waals surface area contributed by atoms with Gasteiger partial charge >= 0.3 is 0 Å². The standard InChI is InChI=1S/C13H16N4O/c1-10(2)18-13-6-12(16-9-17-13)15-8-11-4-3-5-14-7-11/h3-7,9-10H,8H2,1-2H3,(H,15,16,17). The normalized spacial score (nSPS) is 10.4. The van der Waals surface area contributed by atoms with E-state index < -0.39 is 0 Å². The molecule has 5 heteroatoms. The number of hydrogen-bond acceptors (Lipinski definition) is 5. The third-order valence-electron chi connectivity index (χ3n) is 2.19. The van der Waals surface area contributed by atoms with Crippen LogP contribution >= 0.6 is 0 Å². The second-order valence-corrected chi connectivity index (χ2v) is 4.12. The molecule has 18 heavy (non-hydrogen) atoms. The van der Waals surface area contributed by atoms with E-state index in [9.17, 15) is 0 Å². The number of nitrogens with zero attached hydrogens (tertiary/aromatic N) is 3. The minimum atomic E-state index is 0.103. The van der Waals surface area contributed by atoms with E-state index in [1.807, 2.05) is 32.2 Å². The summed E-state index contributed by atoms with van der Waals surface area (Å²) in [5.74, 6) is 1.32. The number of pyridine rings is 1. The molecule has 0 saturated carbocycles. The van der Waals surface area contributed by atoms with Gasteiger partial charge in [-0.25, -0.2) is 9.97 Å². The van der Waals surface area contributed by atoms with Crippen molar-refractivity contribution in [1.29, 1.82) is 0 Å². The van der Waals surface area contributed by atoms with E-state index >= 15 is 0 Å². The van der Waals surface area contributed by atoms with E-state index in [2.05, 4.69) is 20.3 Å². The minimum absolute atomic E-state index is 0.103. The molecule has 2 aromatic rings. The predicted molar refractivity (Wildman–Crippen MR) is 69.4 cm³/mol. The van der Waals surface area contributed by atoms with E-state index in [4.69, 9.17) is 4.74 Å². The summed E-state index contributed by atoms with van der Waals surface area (Å²) in [4.78, 5) is 12.2. The van der Waals surface area contributed by atoms with Gasteiger partial charge in [0.2, 0.25) is 5.88 Å². The Labute approximate surface area is 106 Å². The van der Waals surface area contributed by atoms with Crippen molar-refractivity contribution >= 4 is 5.82 Å². The summed E-state index contributed by atoms with van der Waals surface area (Å²) in [5.41, 5.74) is 1.10. The molecule has 0 atom stereocenters. The topological polar surface area (TPSA) is 59.9 Å². The zero-order chi connectivity index (χ0) is 12.8. The van der Waals surface area contributed by atoms with Crippen molar-refractivity contribution in [3.63, 3.8) is 0 Å². The highest BCUT2D eigenvalue weighted by Gasteiger charge is 2.01. The monoisotopic (exact) mass is 244 g/mol. The van der Waals surface area contributed by atoms with Gasteiger partial charge in [0.25, 0.3) is 0 Å². The van der Waals surface area contributed by atoms with Crippen molar-refractivity contribution < 1.29 is 4.74 Å². The molecule has 0 aromatic carbocycles. The maximum atomic E-state index is 5.50. The van der Waals surface area contributed by atoms with E-state index in [1.54, 1.807) is 12.3 Å². The third-order valence-corrected chi connectivity index (χ3v) is 2.19. The van der Waals surface area contributed by atoms with Crippen LogP contribution in [0.15, 0.2) is 36.9 Å². The Hall–Kier alpha value is -2.17. The van der Waals surface area contributed by atoms with Crippen molar-refractivity contribution in [3.05, 3.63) is 42.5 Å². The Balaban J connectivity index is 1.97. The van der Waals surface area contributed by atoms with Crippen LogP contribution in [0.2, 0.25) is 0 Å². The van der Waals surface area contributed by atoms with Gasteiger partial charge in [0, 0.05) is 25.0 Å². The summed E-state index contributed by atoms with van der Waals surface area (Å²) in [7, 11) is 0. The lowest BCUT2D eigenvalue weighted by atomic mass is 10.3. The molecule has 0 fully saturated rings. The molecule has 94 valence electrons. The number of ether oxygens (including phenoxy) is 1. The third kappa shape index (κ3) is 3.69. The predicted octanol–water partition coefficient (Wildman–Crippen LogP) is 2.27. The van der Waals surface area contributed by atoms with Gasteiger partial charge in [-0.3, -0.25) is 4.98 Å². The van der Waals surface area contributed by atoms with Gasteiger partial charge in [-0.1, -0.05) is 6.07 Å². The molecule has 2 aromatic heterocycles. The highest BCUT2D eigenvalue weighted by Crippen LogP contribution is 2.13. The van der Waals surface area contributed by atoms with Crippen LogP contribution in [0.25, 0.3) is 0 Å². The molecule has 0 bridgehead atoms. The average Bonchev–Trinajstić information content (AvgIpc) is 2.37. The quantitative estimate of drug-likeness (QED) is 0.874. The first-order chi connectivity index (χ1) is 8.74. The molecule has 1 N–H and O–H groups in total. The lowest BCUT2D eigenvalue weighted by molar-refractivity contribution is 0.232. The zero-order valence-electron chi connectivity index (χ0n) is 10.5. The molecule has 0 amide bonds. The number of anilines is 1. The fourth-order valence-corrected chi connectivity index (χ4v) is 1.44. The Morgan fingerprint density at radius 2 is 2.22 bits per heavy atom. The van der Waals surface area contributed by atoms with Gasteiger partial charge < -0.3 is 10.1 Å². The smallest absolute Gasteiger partial charge is 0.218 e. The molecule has 0 saturated heterocycles. The molecule has 2 rings (SSSR count). The minimum Gasteiger partial charge on any atom is -0.475 e. The van der Waals surface area contributed by atoms with Crippen LogP contribution in [-0.2, 0) is 6.54 Å². The Morgan fingerprint density at radius 3 is 2.94 bits per heavy atom. The fraction of sp³-hybridized carbons (Fsp3) is 0.308. The van der Waals surface area contributed by atoms with E-state index in [-0.39, 0.29) is 6.10 Å². The SMILES string of the molecule is CC(C)Oc1cc(NCc2cccnc2)ncn1. The first-order valence-corrected chi connectivity index (χ1v) is 5.85. The van der Waals surface area contributed by atoms with Gasteiger partial charge in [-0.05, 0) is 25.5 Å². The second kappa shape index (κ2) is 5.95. The first kappa shape index (κ1) is 12.3. The van der Waals surface area contributed by atoms with Gasteiger partial charge in [-0.15, -0.1) is 0 Å². The Morgan fingerprint density at radius 1 is 1.33 bits per heavy atom. The van der Waals surface area contributed by atoms with Gasteiger partial charge in [0.15, 0.2) is 0 Å². The second-order valence-electron chi connectivity index (χ2n) is 4.12. The van der Waals surface area contributed by atoms with E-state index in [1.165, 1.54) is 6.33 Å². The van der Waals surface area contributed by atoms with E-state index in [0.29, 0.717) is 12.4 Å². The Bertz CT molecular complexity index is 487. The van der Waals surface area contributed by atoms with Crippen molar-refractivity contribution in [2.75, 3.05) is 5.32 Å². The summed E-state index contributed by atoms with van der Waals surface area (Å²) in [6.07, 6.45) is 5.16. The van der Waals surface area contributed by atoms with Crippen LogP contribution < -0.4 is 10.1 Å². The molecule has 5 nitrogen and oxygen atoms in total. The van der Waals surface area contributed by atoms with Crippen LogP contribution in [0.4, 0.5) is 5.82 Å².